The first kappa shape index (κ1) is 14.2. The smallest absolute Gasteiger partial charge is 0.276 e. The fraction of sp³-hybridized carbons (Fsp3) is 0.462. The number of rotatable bonds is 3. The van der Waals surface area contributed by atoms with Crippen molar-refractivity contribution in [3.63, 3.8) is 0 Å². The first-order valence-electron chi connectivity index (χ1n) is 7.01. The molecule has 0 bridgehead atoms. The molecular formula is C13H17N7O2. The van der Waals surface area contributed by atoms with Gasteiger partial charge in [-0.25, -0.2) is 0 Å². The Morgan fingerprint density at radius 2 is 2.18 bits per heavy atom. The summed E-state index contributed by atoms with van der Waals surface area (Å²) < 4.78 is 1.87. The van der Waals surface area contributed by atoms with Crippen molar-refractivity contribution in [2.45, 2.75) is 33.5 Å². The second-order valence-corrected chi connectivity index (χ2v) is 5.24. The normalized spacial score (nSPS) is 13.8. The van der Waals surface area contributed by atoms with Gasteiger partial charge in [0.15, 0.2) is 5.69 Å². The minimum absolute atomic E-state index is 0.0933. The molecule has 0 atom stereocenters. The molecule has 2 aromatic heterocycles. The highest BCUT2D eigenvalue weighted by Crippen LogP contribution is 2.16. The van der Waals surface area contributed by atoms with Crippen LogP contribution in [0.5, 0.6) is 0 Å². The molecule has 2 amide bonds. The maximum absolute atomic E-state index is 12.4. The number of aromatic amines is 1. The average molecular weight is 303 g/mol. The van der Waals surface area contributed by atoms with Crippen molar-refractivity contribution in [3.05, 3.63) is 28.8 Å². The van der Waals surface area contributed by atoms with E-state index in [1.54, 1.807) is 11.8 Å². The lowest BCUT2D eigenvalue weighted by Crippen LogP contribution is -2.38. The van der Waals surface area contributed by atoms with Gasteiger partial charge in [-0.3, -0.25) is 14.3 Å². The zero-order chi connectivity index (χ0) is 15.7. The third-order valence-corrected chi connectivity index (χ3v) is 3.58. The lowest BCUT2D eigenvalue weighted by Gasteiger charge is -2.27. The number of fused-ring (bicyclic) bond motifs is 1. The van der Waals surface area contributed by atoms with E-state index in [0.717, 1.165) is 11.4 Å². The Kier molecular flexibility index (Phi) is 3.61. The van der Waals surface area contributed by atoms with Crippen molar-refractivity contribution < 1.29 is 9.59 Å². The molecule has 2 aromatic rings. The molecule has 0 saturated carbocycles. The first-order valence-corrected chi connectivity index (χ1v) is 7.01. The van der Waals surface area contributed by atoms with Crippen LogP contribution in [0, 0.1) is 6.92 Å². The minimum atomic E-state index is -0.137. The SMILES string of the molecule is CC(=O)NCc1cc2n(n1)CCN(C(=O)c1n[nH]nc1C)C2. The lowest BCUT2D eigenvalue weighted by atomic mass is 10.2. The van der Waals surface area contributed by atoms with E-state index in [9.17, 15) is 9.59 Å². The lowest BCUT2D eigenvalue weighted by molar-refractivity contribution is -0.119. The van der Waals surface area contributed by atoms with Gasteiger partial charge in [-0.05, 0) is 13.0 Å². The van der Waals surface area contributed by atoms with E-state index in [-0.39, 0.29) is 11.8 Å². The number of hydrogen-bond donors (Lipinski definition) is 2. The molecule has 0 spiro atoms. The van der Waals surface area contributed by atoms with Gasteiger partial charge in [-0.1, -0.05) is 0 Å². The number of carbonyl (C=O) groups is 2. The van der Waals surface area contributed by atoms with Crippen LogP contribution in [0.15, 0.2) is 6.07 Å². The van der Waals surface area contributed by atoms with Gasteiger partial charge in [0.2, 0.25) is 5.91 Å². The highest BCUT2D eigenvalue weighted by molar-refractivity contribution is 5.93. The zero-order valence-electron chi connectivity index (χ0n) is 12.5. The highest BCUT2D eigenvalue weighted by atomic mass is 16.2. The minimum Gasteiger partial charge on any atom is -0.351 e. The van der Waals surface area contributed by atoms with Gasteiger partial charge in [0, 0.05) is 13.5 Å². The van der Waals surface area contributed by atoms with Crippen molar-refractivity contribution in [3.8, 4) is 0 Å². The van der Waals surface area contributed by atoms with Crippen molar-refractivity contribution in [2.24, 2.45) is 0 Å². The quantitative estimate of drug-likeness (QED) is 0.802. The van der Waals surface area contributed by atoms with Crippen LogP contribution in [-0.4, -0.2) is 48.5 Å². The Labute approximate surface area is 126 Å². The van der Waals surface area contributed by atoms with E-state index >= 15 is 0 Å². The standard InChI is InChI=1S/C13H17N7O2/c1-8-12(16-18-15-8)13(22)19-3-4-20-11(7-19)5-10(17-20)6-14-9(2)21/h5H,3-4,6-7H2,1-2H3,(H,14,21)(H,15,16,18). The van der Waals surface area contributed by atoms with E-state index in [1.165, 1.54) is 6.92 Å². The maximum Gasteiger partial charge on any atom is 0.276 e. The number of carbonyl (C=O) groups excluding carboxylic acids is 2. The molecule has 1 aliphatic rings. The zero-order valence-corrected chi connectivity index (χ0v) is 12.5. The number of amides is 2. The summed E-state index contributed by atoms with van der Waals surface area (Å²) in [6, 6.07) is 1.91. The highest BCUT2D eigenvalue weighted by Gasteiger charge is 2.26. The van der Waals surface area contributed by atoms with Crippen LogP contribution in [0.4, 0.5) is 0 Å². The van der Waals surface area contributed by atoms with E-state index in [0.29, 0.717) is 37.6 Å². The summed E-state index contributed by atoms with van der Waals surface area (Å²) in [7, 11) is 0. The number of nitrogens with one attached hydrogen (secondary N) is 2. The molecule has 0 aromatic carbocycles. The Hall–Kier alpha value is -2.71. The molecule has 3 rings (SSSR count). The summed E-state index contributed by atoms with van der Waals surface area (Å²) in [6.07, 6.45) is 0. The predicted molar refractivity (Wildman–Crippen MR) is 75.6 cm³/mol. The fourth-order valence-electron chi connectivity index (χ4n) is 2.44. The largest absolute Gasteiger partial charge is 0.351 e. The first-order chi connectivity index (χ1) is 10.5. The van der Waals surface area contributed by atoms with Gasteiger partial charge >= 0.3 is 0 Å². The van der Waals surface area contributed by atoms with Crippen LogP contribution in [-0.2, 0) is 24.4 Å². The van der Waals surface area contributed by atoms with Crippen LogP contribution in [0.1, 0.15) is 34.5 Å². The summed E-state index contributed by atoms with van der Waals surface area (Å²) in [5, 5.41) is 17.4. The van der Waals surface area contributed by atoms with Crippen LogP contribution < -0.4 is 5.32 Å². The monoisotopic (exact) mass is 303 g/mol. The summed E-state index contributed by atoms with van der Waals surface area (Å²) in [5.41, 5.74) is 2.68. The summed E-state index contributed by atoms with van der Waals surface area (Å²) in [6.45, 7) is 5.27. The molecule has 9 nitrogen and oxygen atoms in total. The van der Waals surface area contributed by atoms with Crippen LogP contribution in [0.2, 0.25) is 0 Å². The summed E-state index contributed by atoms with van der Waals surface area (Å²) in [4.78, 5) is 25.1. The van der Waals surface area contributed by atoms with Gasteiger partial charge in [0.05, 0.1) is 36.7 Å². The second-order valence-electron chi connectivity index (χ2n) is 5.24. The molecule has 0 fully saturated rings. The van der Waals surface area contributed by atoms with Gasteiger partial charge in [0.25, 0.3) is 5.91 Å². The molecular weight excluding hydrogens is 286 g/mol. The molecule has 9 heteroatoms. The topological polar surface area (TPSA) is 109 Å². The Balaban J connectivity index is 1.72. The third-order valence-electron chi connectivity index (χ3n) is 3.58. The number of aryl methyl sites for hydroxylation is 1. The molecule has 1 aliphatic heterocycles. The average Bonchev–Trinajstić information content (AvgIpc) is 3.09. The van der Waals surface area contributed by atoms with E-state index in [1.807, 2.05) is 10.7 Å². The third kappa shape index (κ3) is 2.69. The van der Waals surface area contributed by atoms with E-state index in [2.05, 4.69) is 25.8 Å². The Morgan fingerprint density at radius 1 is 1.36 bits per heavy atom. The molecule has 0 aliphatic carbocycles. The van der Waals surface area contributed by atoms with Crippen molar-refractivity contribution in [2.75, 3.05) is 6.54 Å². The Bertz CT molecular complexity index is 718. The van der Waals surface area contributed by atoms with Crippen molar-refractivity contribution in [1.82, 2.24) is 35.4 Å². The van der Waals surface area contributed by atoms with Gasteiger partial charge in [0.1, 0.15) is 0 Å². The molecule has 22 heavy (non-hydrogen) atoms. The van der Waals surface area contributed by atoms with Crippen LogP contribution in [0.25, 0.3) is 0 Å². The number of aromatic nitrogens is 5. The van der Waals surface area contributed by atoms with Gasteiger partial charge < -0.3 is 10.2 Å². The molecule has 3 heterocycles. The summed E-state index contributed by atoms with van der Waals surface area (Å²) >= 11 is 0. The molecule has 116 valence electrons. The van der Waals surface area contributed by atoms with Crippen molar-refractivity contribution >= 4 is 11.8 Å². The molecule has 0 radical (unpaired) electrons. The van der Waals surface area contributed by atoms with E-state index in [4.69, 9.17) is 0 Å². The maximum atomic E-state index is 12.4. The van der Waals surface area contributed by atoms with Gasteiger partial charge in [-0.15, -0.1) is 0 Å². The van der Waals surface area contributed by atoms with Crippen LogP contribution >= 0.6 is 0 Å². The summed E-state index contributed by atoms with van der Waals surface area (Å²) in [5.74, 6) is -0.230. The Morgan fingerprint density at radius 3 is 2.86 bits per heavy atom. The predicted octanol–water partition coefficient (Wildman–Crippen LogP) is -0.398. The molecule has 2 N–H and O–H groups in total. The van der Waals surface area contributed by atoms with Gasteiger partial charge in [-0.2, -0.15) is 20.5 Å². The number of nitrogens with zero attached hydrogens (tertiary/aromatic N) is 5. The fourth-order valence-corrected chi connectivity index (χ4v) is 2.44. The molecule has 0 saturated heterocycles. The second kappa shape index (κ2) is 5.58. The van der Waals surface area contributed by atoms with Crippen LogP contribution in [0.3, 0.4) is 0 Å². The van der Waals surface area contributed by atoms with E-state index < -0.39 is 0 Å². The van der Waals surface area contributed by atoms with Crippen molar-refractivity contribution in [1.29, 1.82) is 0 Å². The number of H-pyrrole nitrogens is 1. The number of hydrogen-bond acceptors (Lipinski definition) is 5. The molecule has 0 unspecified atom stereocenters.